The number of carbonyl (C=O) groups is 2. The summed E-state index contributed by atoms with van der Waals surface area (Å²) in [7, 11) is 0. The Morgan fingerprint density at radius 3 is 2.62 bits per heavy atom. The molecular weight excluding hydrogens is 396 g/mol. The normalized spacial score (nSPS) is 20.9. The van der Waals surface area contributed by atoms with Gasteiger partial charge in [-0.05, 0) is 35.4 Å². The Labute approximate surface area is 176 Å². The third-order valence-electron chi connectivity index (χ3n) is 4.82. The lowest BCUT2D eigenvalue weighted by Crippen LogP contribution is -2.40. The second-order valence-corrected chi connectivity index (χ2v) is 7.16. The summed E-state index contributed by atoms with van der Waals surface area (Å²) in [5.41, 5.74) is 2.27. The number of halogens is 1. The van der Waals surface area contributed by atoms with Gasteiger partial charge in [0.1, 0.15) is 11.9 Å². The van der Waals surface area contributed by atoms with Gasteiger partial charge in [-0.3, -0.25) is 4.79 Å². The molecule has 0 saturated carbocycles. The van der Waals surface area contributed by atoms with Crippen LogP contribution in [0.4, 0.5) is 4.79 Å². The summed E-state index contributed by atoms with van der Waals surface area (Å²) in [5.74, 6) is 0.159. The Morgan fingerprint density at radius 2 is 1.93 bits per heavy atom. The predicted octanol–water partition coefficient (Wildman–Crippen LogP) is 3.05. The number of carbonyl (C=O) groups excluding carboxylic acids is 1. The molecule has 1 atom stereocenters. The molecule has 152 valence electrons. The van der Waals surface area contributed by atoms with Crippen molar-refractivity contribution in [1.82, 2.24) is 10.2 Å². The number of amides is 2. The zero-order valence-electron chi connectivity index (χ0n) is 17.5. The Hall–Kier alpha value is -2.77. The summed E-state index contributed by atoms with van der Waals surface area (Å²) in [4.78, 5) is 25.1. The van der Waals surface area contributed by atoms with Gasteiger partial charge in [0.25, 0.3) is 5.91 Å². The van der Waals surface area contributed by atoms with Crippen LogP contribution in [0.2, 0.25) is 5.02 Å². The van der Waals surface area contributed by atoms with Gasteiger partial charge in [0.15, 0.2) is 0 Å². The maximum absolute atomic E-state index is 12.6. The molecule has 1 saturated heterocycles. The van der Waals surface area contributed by atoms with Crippen molar-refractivity contribution in [2.75, 3.05) is 32.8 Å². The fraction of sp³-hybridized carbons (Fsp3) is 0.333. The number of hydrogen-bond acceptors (Lipinski definition) is 4. The van der Waals surface area contributed by atoms with Gasteiger partial charge < -0.3 is 24.8 Å². The smallest absolute Gasteiger partial charge is 0.404 e. The molecule has 7 nitrogen and oxygen atoms in total. The minimum atomic E-state index is -1.93. The van der Waals surface area contributed by atoms with Crippen molar-refractivity contribution >= 4 is 23.6 Å². The number of morpholine rings is 1. The number of hydrogen-bond donors (Lipinski definition) is 2. The van der Waals surface area contributed by atoms with Gasteiger partial charge >= 0.3 is 6.09 Å². The monoisotopic (exact) mass is 418 g/mol. The van der Waals surface area contributed by atoms with Crippen LogP contribution in [0.15, 0.2) is 36.4 Å². The molecule has 8 heteroatoms. The van der Waals surface area contributed by atoms with Gasteiger partial charge in [-0.1, -0.05) is 23.7 Å². The molecule has 2 aromatic rings. The summed E-state index contributed by atoms with van der Waals surface area (Å²) in [6.07, 6.45) is -4.21. The molecule has 0 radical (unpaired) electrons. The Morgan fingerprint density at radius 1 is 1.21 bits per heavy atom. The van der Waals surface area contributed by atoms with Crippen LogP contribution in [0.25, 0.3) is 11.1 Å². The summed E-state index contributed by atoms with van der Waals surface area (Å²) in [5, 5.41) is 11.2. The molecule has 2 N–H and O–H groups in total. The molecule has 1 unspecified atom stereocenters. The zero-order chi connectivity index (χ0) is 22.2. The maximum Gasteiger partial charge on any atom is 0.404 e. The van der Waals surface area contributed by atoms with Crippen LogP contribution in [-0.4, -0.2) is 61.0 Å². The van der Waals surface area contributed by atoms with Crippen LogP contribution in [0, 0.1) is 0 Å². The van der Waals surface area contributed by atoms with E-state index >= 15 is 0 Å². The van der Waals surface area contributed by atoms with Crippen LogP contribution >= 0.6 is 11.6 Å². The molecule has 2 heterocycles. The topological polar surface area (TPSA) is 88.1 Å². The molecule has 1 fully saturated rings. The Bertz CT molecular complexity index is 1010. The number of carboxylic acid groups (broad SMARTS) is 1. The average molecular weight is 419 g/mol. The maximum atomic E-state index is 12.6. The molecule has 0 spiro atoms. The van der Waals surface area contributed by atoms with Gasteiger partial charge in [-0.15, -0.1) is 0 Å². The highest BCUT2D eigenvalue weighted by Crippen LogP contribution is 2.39. The van der Waals surface area contributed by atoms with Gasteiger partial charge in [-0.25, -0.2) is 4.79 Å². The van der Waals surface area contributed by atoms with Crippen molar-refractivity contribution in [2.24, 2.45) is 0 Å². The van der Waals surface area contributed by atoms with Gasteiger partial charge in [-0.2, -0.15) is 0 Å². The first-order valence-electron chi connectivity index (χ1n) is 10.2. The average Bonchev–Trinajstić information content (AvgIpc) is 3.03. The summed E-state index contributed by atoms with van der Waals surface area (Å²) >= 11 is 6.36. The van der Waals surface area contributed by atoms with Crippen molar-refractivity contribution < 1.29 is 26.9 Å². The second kappa shape index (κ2) is 8.31. The van der Waals surface area contributed by atoms with Crippen LogP contribution in [-0.2, 0) is 11.1 Å². The first kappa shape index (κ1) is 17.1. The van der Waals surface area contributed by atoms with E-state index in [1.54, 1.807) is 41.3 Å². The molecule has 0 aromatic heterocycles. The standard InChI is InChI=1S/C21H21ClN2O5/c22-18-11-15(9-16-10-17(29-19(16)18)12-23-21(26)27)13-1-3-14(4-2-13)20(25)24-5-7-28-8-6-24/h1-4,9,11,17,23H,5-8,10,12H2,(H,26,27)/i10D2. The first-order valence-corrected chi connectivity index (χ1v) is 9.60. The number of rotatable bonds is 4. The first-order chi connectivity index (χ1) is 14.8. The zero-order valence-corrected chi connectivity index (χ0v) is 16.2. The van der Waals surface area contributed by atoms with E-state index in [1.165, 1.54) is 0 Å². The van der Waals surface area contributed by atoms with Crippen molar-refractivity contribution in [3.63, 3.8) is 0 Å². The van der Waals surface area contributed by atoms with Crippen molar-refractivity contribution in [3.8, 4) is 16.9 Å². The number of nitrogens with one attached hydrogen (secondary N) is 1. The fourth-order valence-electron chi connectivity index (χ4n) is 3.36. The summed E-state index contributed by atoms with van der Waals surface area (Å²) in [6.45, 7) is 1.98. The molecule has 0 aliphatic carbocycles. The Balaban J connectivity index is 1.58. The molecule has 2 aliphatic rings. The van der Waals surface area contributed by atoms with Crippen LogP contribution in [0.3, 0.4) is 0 Å². The van der Waals surface area contributed by atoms with Crippen molar-refractivity contribution in [2.45, 2.75) is 12.5 Å². The third-order valence-corrected chi connectivity index (χ3v) is 5.10. The van der Waals surface area contributed by atoms with E-state index in [1.807, 2.05) is 0 Å². The van der Waals surface area contributed by atoms with Crippen LogP contribution in [0.5, 0.6) is 5.75 Å². The fourth-order valence-corrected chi connectivity index (χ4v) is 3.62. The minimum Gasteiger partial charge on any atom is -0.486 e. The van der Waals surface area contributed by atoms with Gasteiger partial charge in [0, 0.05) is 33.3 Å². The Kier molecular flexibility index (Phi) is 4.90. The van der Waals surface area contributed by atoms with E-state index in [-0.39, 0.29) is 28.8 Å². The van der Waals surface area contributed by atoms with Crippen LogP contribution < -0.4 is 10.1 Å². The predicted molar refractivity (Wildman–Crippen MR) is 108 cm³/mol. The van der Waals surface area contributed by atoms with E-state index in [4.69, 9.17) is 28.9 Å². The highest BCUT2D eigenvalue weighted by atomic mass is 35.5. The molecule has 2 aliphatic heterocycles. The second-order valence-electron chi connectivity index (χ2n) is 6.75. The molecule has 29 heavy (non-hydrogen) atoms. The highest BCUT2D eigenvalue weighted by Gasteiger charge is 2.26. The lowest BCUT2D eigenvalue weighted by molar-refractivity contribution is 0.0303. The third kappa shape index (κ3) is 4.31. The summed E-state index contributed by atoms with van der Waals surface area (Å²) < 4.78 is 27.7. The molecule has 4 rings (SSSR count). The van der Waals surface area contributed by atoms with E-state index in [9.17, 15) is 9.59 Å². The van der Waals surface area contributed by atoms with E-state index < -0.39 is 18.6 Å². The summed E-state index contributed by atoms with van der Waals surface area (Å²) in [6, 6.07) is 10.4. The lowest BCUT2D eigenvalue weighted by Gasteiger charge is -2.26. The van der Waals surface area contributed by atoms with Crippen molar-refractivity contribution in [3.05, 3.63) is 52.5 Å². The van der Waals surface area contributed by atoms with Gasteiger partial charge in [0.05, 0.1) is 24.8 Å². The number of ether oxygens (including phenoxy) is 2. The van der Waals surface area contributed by atoms with Gasteiger partial charge in [0.2, 0.25) is 0 Å². The molecule has 0 bridgehead atoms. The number of fused-ring (bicyclic) bond motifs is 1. The highest BCUT2D eigenvalue weighted by molar-refractivity contribution is 6.32. The SMILES string of the molecule is [2H]C1([2H])c2cc(-c3ccc(C(=O)N4CCOCC4)cc3)cc(Cl)c2OC1CNC(=O)O. The minimum absolute atomic E-state index is 0.0552. The van der Waals surface area contributed by atoms with E-state index in [0.717, 1.165) is 5.56 Å². The molecular formula is C21H21ClN2O5. The lowest BCUT2D eigenvalue weighted by atomic mass is 9.99. The van der Waals surface area contributed by atoms with E-state index in [0.29, 0.717) is 37.4 Å². The van der Waals surface area contributed by atoms with Crippen LogP contribution in [0.1, 0.15) is 18.7 Å². The van der Waals surface area contributed by atoms with Crippen molar-refractivity contribution in [1.29, 1.82) is 0 Å². The van der Waals surface area contributed by atoms with E-state index in [2.05, 4.69) is 5.32 Å². The number of nitrogens with zero attached hydrogens (tertiary/aromatic N) is 1. The molecule has 2 aromatic carbocycles. The quantitative estimate of drug-likeness (QED) is 0.796. The number of benzene rings is 2. The largest absolute Gasteiger partial charge is 0.486 e. The molecule has 2 amide bonds.